The Morgan fingerprint density at radius 1 is 1.30 bits per heavy atom. The number of aryl methyl sites for hydroxylation is 3. The average Bonchev–Trinajstić information content (AvgIpc) is 3.08. The Morgan fingerprint density at radius 3 is 3.00 bits per heavy atom. The highest BCUT2D eigenvalue weighted by atomic mass is 32.1. The standard InChI is InChI=1S/C15H18N4S/c1-11-4-5-13-14(12(11)2)18-15(20-13)17-6-3-8-19-9-7-16-10-19/h4-5,7,9-10H,3,6,8H2,1-2H3,(H,17,18). The fraction of sp³-hybridized carbons (Fsp3) is 0.333. The van der Waals surface area contributed by atoms with Gasteiger partial charge < -0.3 is 9.88 Å². The first-order valence-corrected chi connectivity index (χ1v) is 7.62. The van der Waals surface area contributed by atoms with Gasteiger partial charge in [-0.1, -0.05) is 17.4 Å². The van der Waals surface area contributed by atoms with Crippen LogP contribution in [-0.4, -0.2) is 21.1 Å². The third kappa shape index (κ3) is 2.67. The summed E-state index contributed by atoms with van der Waals surface area (Å²) in [6.45, 7) is 6.18. The molecule has 0 aliphatic heterocycles. The van der Waals surface area contributed by atoms with Gasteiger partial charge in [-0.2, -0.15) is 0 Å². The molecule has 1 N–H and O–H groups in total. The molecule has 5 heteroatoms. The van der Waals surface area contributed by atoms with E-state index in [-0.39, 0.29) is 0 Å². The Morgan fingerprint density at radius 2 is 2.20 bits per heavy atom. The van der Waals surface area contributed by atoms with E-state index in [4.69, 9.17) is 4.98 Å². The molecule has 3 aromatic rings. The van der Waals surface area contributed by atoms with Crippen molar-refractivity contribution in [1.29, 1.82) is 0 Å². The summed E-state index contributed by atoms with van der Waals surface area (Å²) in [5.74, 6) is 0. The Hall–Kier alpha value is -1.88. The van der Waals surface area contributed by atoms with Gasteiger partial charge in [0.15, 0.2) is 5.13 Å². The number of fused-ring (bicyclic) bond motifs is 1. The second kappa shape index (κ2) is 5.63. The minimum atomic E-state index is 0.927. The summed E-state index contributed by atoms with van der Waals surface area (Å²) in [7, 11) is 0. The first-order chi connectivity index (χ1) is 9.74. The summed E-state index contributed by atoms with van der Waals surface area (Å²) in [6.07, 6.45) is 6.71. The second-order valence-corrected chi connectivity index (χ2v) is 5.98. The lowest BCUT2D eigenvalue weighted by Gasteiger charge is -2.03. The minimum Gasteiger partial charge on any atom is -0.361 e. The van der Waals surface area contributed by atoms with Crippen molar-refractivity contribution in [3.05, 3.63) is 42.0 Å². The van der Waals surface area contributed by atoms with Crippen LogP contribution in [0.25, 0.3) is 10.2 Å². The molecule has 0 spiro atoms. The van der Waals surface area contributed by atoms with Crippen molar-refractivity contribution < 1.29 is 0 Å². The van der Waals surface area contributed by atoms with Gasteiger partial charge in [-0.25, -0.2) is 9.97 Å². The van der Waals surface area contributed by atoms with Crippen molar-refractivity contribution in [3.8, 4) is 0 Å². The van der Waals surface area contributed by atoms with Crippen LogP contribution in [0.3, 0.4) is 0 Å². The molecule has 0 bridgehead atoms. The molecule has 0 saturated heterocycles. The minimum absolute atomic E-state index is 0.927. The van der Waals surface area contributed by atoms with Gasteiger partial charge in [0.25, 0.3) is 0 Å². The molecule has 0 fully saturated rings. The summed E-state index contributed by atoms with van der Waals surface area (Å²) < 4.78 is 3.35. The van der Waals surface area contributed by atoms with Crippen molar-refractivity contribution in [1.82, 2.24) is 14.5 Å². The number of rotatable bonds is 5. The van der Waals surface area contributed by atoms with E-state index in [1.54, 1.807) is 11.3 Å². The van der Waals surface area contributed by atoms with E-state index < -0.39 is 0 Å². The summed E-state index contributed by atoms with van der Waals surface area (Å²) in [5.41, 5.74) is 3.71. The van der Waals surface area contributed by atoms with Crippen LogP contribution in [0.2, 0.25) is 0 Å². The van der Waals surface area contributed by atoms with Crippen molar-refractivity contribution in [3.63, 3.8) is 0 Å². The van der Waals surface area contributed by atoms with Gasteiger partial charge in [0.05, 0.1) is 16.5 Å². The fourth-order valence-electron chi connectivity index (χ4n) is 2.18. The van der Waals surface area contributed by atoms with Crippen molar-refractivity contribution in [2.45, 2.75) is 26.8 Å². The third-order valence-electron chi connectivity index (χ3n) is 3.51. The van der Waals surface area contributed by atoms with Gasteiger partial charge in [-0.05, 0) is 37.5 Å². The van der Waals surface area contributed by atoms with Crippen LogP contribution in [0.15, 0.2) is 30.9 Å². The summed E-state index contributed by atoms with van der Waals surface area (Å²) in [4.78, 5) is 8.73. The molecule has 20 heavy (non-hydrogen) atoms. The monoisotopic (exact) mass is 286 g/mol. The van der Waals surface area contributed by atoms with E-state index in [0.29, 0.717) is 0 Å². The Balaban J connectivity index is 1.62. The molecule has 2 aromatic heterocycles. The average molecular weight is 286 g/mol. The summed E-state index contributed by atoms with van der Waals surface area (Å²) >= 11 is 1.73. The molecule has 0 saturated carbocycles. The predicted molar refractivity (Wildman–Crippen MR) is 84.4 cm³/mol. The summed E-state index contributed by atoms with van der Waals surface area (Å²) in [5, 5.41) is 4.43. The molecule has 0 unspecified atom stereocenters. The molecule has 2 heterocycles. The van der Waals surface area contributed by atoms with E-state index in [9.17, 15) is 0 Å². The molecule has 0 radical (unpaired) electrons. The Bertz CT molecular complexity index is 700. The van der Waals surface area contributed by atoms with Crippen molar-refractivity contribution >= 4 is 26.7 Å². The Kier molecular flexibility index (Phi) is 3.69. The number of anilines is 1. The third-order valence-corrected chi connectivity index (χ3v) is 4.49. The van der Waals surface area contributed by atoms with Crippen LogP contribution < -0.4 is 5.32 Å². The molecule has 104 valence electrons. The van der Waals surface area contributed by atoms with Gasteiger partial charge in [0.2, 0.25) is 0 Å². The molecule has 0 aliphatic carbocycles. The van der Waals surface area contributed by atoms with E-state index in [1.807, 2.05) is 18.7 Å². The van der Waals surface area contributed by atoms with Gasteiger partial charge in [-0.15, -0.1) is 0 Å². The number of thiazole rings is 1. The van der Waals surface area contributed by atoms with Crippen LogP contribution in [0, 0.1) is 13.8 Å². The fourth-order valence-corrected chi connectivity index (χ4v) is 3.13. The first kappa shape index (κ1) is 13.1. The molecule has 0 amide bonds. The number of nitrogens with one attached hydrogen (secondary N) is 1. The highest BCUT2D eigenvalue weighted by molar-refractivity contribution is 7.22. The van der Waals surface area contributed by atoms with Gasteiger partial charge in [0, 0.05) is 25.5 Å². The van der Waals surface area contributed by atoms with E-state index in [1.165, 1.54) is 15.8 Å². The smallest absolute Gasteiger partial charge is 0.183 e. The molecular weight excluding hydrogens is 268 g/mol. The van der Waals surface area contributed by atoms with Crippen molar-refractivity contribution in [2.24, 2.45) is 0 Å². The number of aromatic nitrogens is 3. The SMILES string of the molecule is Cc1ccc2sc(NCCCn3ccnc3)nc2c1C. The van der Waals surface area contributed by atoms with Crippen LogP contribution in [0.4, 0.5) is 5.13 Å². The predicted octanol–water partition coefficient (Wildman–Crippen LogP) is 3.61. The van der Waals surface area contributed by atoms with Crippen molar-refractivity contribution in [2.75, 3.05) is 11.9 Å². The quantitative estimate of drug-likeness (QED) is 0.729. The topological polar surface area (TPSA) is 42.7 Å². The Labute approximate surface area is 122 Å². The first-order valence-electron chi connectivity index (χ1n) is 6.80. The summed E-state index contributed by atoms with van der Waals surface area (Å²) in [6, 6.07) is 4.32. The highest BCUT2D eigenvalue weighted by Gasteiger charge is 2.07. The molecule has 4 nitrogen and oxygen atoms in total. The maximum absolute atomic E-state index is 4.70. The molecular formula is C15H18N4S. The number of benzene rings is 1. The number of imidazole rings is 1. The van der Waals surface area contributed by atoms with Crippen LogP contribution in [-0.2, 0) is 6.54 Å². The van der Waals surface area contributed by atoms with Gasteiger partial charge in [0.1, 0.15) is 0 Å². The number of nitrogens with zero attached hydrogens (tertiary/aromatic N) is 3. The lowest BCUT2D eigenvalue weighted by molar-refractivity contribution is 0.660. The molecule has 0 atom stereocenters. The number of hydrogen-bond donors (Lipinski definition) is 1. The van der Waals surface area contributed by atoms with Crippen LogP contribution in [0.5, 0.6) is 0 Å². The normalized spacial score (nSPS) is 11.1. The molecule has 0 aliphatic rings. The van der Waals surface area contributed by atoms with E-state index in [2.05, 4.69) is 40.8 Å². The second-order valence-electron chi connectivity index (χ2n) is 4.95. The molecule has 1 aromatic carbocycles. The number of hydrogen-bond acceptors (Lipinski definition) is 4. The van der Waals surface area contributed by atoms with Gasteiger partial charge >= 0.3 is 0 Å². The van der Waals surface area contributed by atoms with Crippen LogP contribution in [0.1, 0.15) is 17.5 Å². The maximum atomic E-state index is 4.70. The zero-order valence-corrected chi connectivity index (χ0v) is 12.6. The molecule has 3 rings (SSSR count). The zero-order valence-electron chi connectivity index (χ0n) is 11.8. The van der Waals surface area contributed by atoms with E-state index >= 15 is 0 Å². The maximum Gasteiger partial charge on any atom is 0.183 e. The lowest BCUT2D eigenvalue weighted by atomic mass is 10.1. The highest BCUT2D eigenvalue weighted by Crippen LogP contribution is 2.29. The largest absolute Gasteiger partial charge is 0.361 e. The zero-order chi connectivity index (χ0) is 13.9. The van der Waals surface area contributed by atoms with Gasteiger partial charge in [-0.3, -0.25) is 0 Å². The van der Waals surface area contributed by atoms with E-state index in [0.717, 1.165) is 30.2 Å². The van der Waals surface area contributed by atoms with Crippen LogP contribution >= 0.6 is 11.3 Å². The lowest BCUT2D eigenvalue weighted by Crippen LogP contribution is -2.05.